The molecular formula is C22H14ClN3O6S. The van der Waals surface area contributed by atoms with E-state index in [0.717, 1.165) is 11.8 Å². The zero-order valence-corrected chi connectivity index (χ0v) is 18.5. The molecule has 33 heavy (non-hydrogen) atoms. The Bertz CT molecular complexity index is 1360. The Kier molecular flexibility index (Phi) is 6.03. The van der Waals surface area contributed by atoms with Crippen molar-refractivity contribution in [3.63, 3.8) is 0 Å². The Morgan fingerprint density at radius 3 is 2.73 bits per heavy atom. The van der Waals surface area contributed by atoms with Gasteiger partial charge in [-0.2, -0.15) is 0 Å². The summed E-state index contributed by atoms with van der Waals surface area (Å²) in [4.78, 5) is 40.3. The molecule has 3 aromatic rings. The smallest absolute Gasteiger partial charge is 0.335 e. The summed E-state index contributed by atoms with van der Waals surface area (Å²) in [5, 5.41) is 20.6. The number of nitrogens with zero attached hydrogens (tertiary/aromatic N) is 3. The first kappa shape index (κ1) is 22.3. The fourth-order valence-electron chi connectivity index (χ4n) is 2.99. The standard InChI is InChI=1S/C22H14ClN3O6S/c1-25-20(27)19(33-22(25)24-13-4-2-3-12(9-13)21(28)29)11-15-6-8-18(32-15)16-7-5-14(26(30)31)10-17(16)23/h2-11H,1H3,(H,28,29)/b19-11+,24-22?. The minimum absolute atomic E-state index is 0.0950. The number of aliphatic imine (C=N–C) groups is 1. The number of nitro groups is 1. The predicted octanol–water partition coefficient (Wildman–Crippen LogP) is 5.44. The van der Waals surface area contributed by atoms with Crippen molar-refractivity contribution in [1.82, 2.24) is 4.90 Å². The van der Waals surface area contributed by atoms with Gasteiger partial charge in [0.05, 0.1) is 26.1 Å². The van der Waals surface area contributed by atoms with Crippen LogP contribution in [0.5, 0.6) is 0 Å². The van der Waals surface area contributed by atoms with Crippen LogP contribution in [0.2, 0.25) is 5.02 Å². The normalized spacial score (nSPS) is 16.1. The minimum Gasteiger partial charge on any atom is -0.478 e. The van der Waals surface area contributed by atoms with Crippen molar-refractivity contribution in [1.29, 1.82) is 0 Å². The van der Waals surface area contributed by atoms with Crippen molar-refractivity contribution in [2.24, 2.45) is 4.99 Å². The van der Waals surface area contributed by atoms with Crippen molar-refractivity contribution < 1.29 is 24.0 Å². The first-order valence-electron chi connectivity index (χ1n) is 9.37. The van der Waals surface area contributed by atoms with Crippen LogP contribution in [-0.2, 0) is 4.79 Å². The van der Waals surface area contributed by atoms with Crippen molar-refractivity contribution in [3.8, 4) is 11.3 Å². The number of amidine groups is 1. The number of likely N-dealkylation sites (N-methyl/N-ethyl adjacent to an activating group) is 1. The molecule has 0 atom stereocenters. The first-order valence-corrected chi connectivity index (χ1v) is 10.6. The molecule has 1 saturated heterocycles. The molecule has 0 radical (unpaired) electrons. The maximum Gasteiger partial charge on any atom is 0.335 e. The highest BCUT2D eigenvalue weighted by atomic mass is 35.5. The molecule has 0 spiro atoms. The molecule has 1 amide bonds. The molecule has 4 rings (SSSR count). The molecule has 2 heterocycles. The van der Waals surface area contributed by atoms with E-state index in [2.05, 4.69) is 4.99 Å². The van der Waals surface area contributed by atoms with Crippen LogP contribution < -0.4 is 0 Å². The molecule has 2 aromatic carbocycles. The van der Waals surface area contributed by atoms with E-state index < -0.39 is 10.9 Å². The molecule has 1 fully saturated rings. The number of hydrogen-bond acceptors (Lipinski definition) is 7. The summed E-state index contributed by atoms with van der Waals surface area (Å²) in [5.41, 5.74) is 0.855. The second kappa shape index (κ2) is 8.93. The lowest BCUT2D eigenvalue weighted by Crippen LogP contribution is -2.23. The third kappa shape index (κ3) is 4.66. The van der Waals surface area contributed by atoms with E-state index in [0.29, 0.717) is 32.8 Å². The van der Waals surface area contributed by atoms with E-state index in [1.54, 1.807) is 37.4 Å². The number of rotatable bonds is 5. The zero-order valence-electron chi connectivity index (χ0n) is 16.9. The topological polar surface area (TPSA) is 126 Å². The van der Waals surface area contributed by atoms with Crippen molar-refractivity contribution in [2.45, 2.75) is 0 Å². The Hall–Kier alpha value is -3.89. The molecular weight excluding hydrogens is 470 g/mol. The number of carbonyl (C=O) groups excluding carboxylic acids is 1. The van der Waals surface area contributed by atoms with Crippen molar-refractivity contribution in [3.05, 3.63) is 86.0 Å². The Morgan fingerprint density at radius 2 is 2.03 bits per heavy atom. The molecule has 0 bridgehead atoms. The highest BCUT2D eigenvalue weighted by molar-refractivity contribution is 8.18. The predicted molar refractivity (Wildman–Crippen MR) is 125 cm³/mol. The van der Waals surface area contributed by atoms with E-state index in [-0.39, 0.29) is 22.2 Å². The second-order valence-corrected chi connectivity index (χ2v) is 8.26. The van der Waals surface area contributed by atoms with Crippen LogP contribution in [0.15, 0.2) is 68.9 Å². The van der Waals surface area contributed by atoms with Crippen LogP contribution in [0, 0.1) is 10.1 Å². The van der Waals surface area contributed by atoms with Crippen molar-refractivity contribution in [2.75, 3.05) is 7.05 Å². The fourth-order valence-corrected chi connectivity index (χ4v) is 4.23. The van der Waals surface area contributed by atoms with Gasteiger partial charge in [-0.05, 0) is 48.2 Å². The number of halogens is 1. The van der Waals surface area contributed by atoms with Crippen LogP contribution in [0.4, 0.5) is 11.4 Å². The molecule has 0 unspecified atom stereocenters. The lowest BCUT2D eigenvalue weighted by molar-refractivity contribution is -0.384. The SMILES string of the molecule is CN1C(=O)/C(=C\c2ccc(-c3ccc([N+](=O)[O-])cc3Cl)o2)SC1=Nc1cccc(C(=O)O)c1. The van der Waals surface area contributed by atoms with Gasteiger partial charge in [0.2, 0.25) is 0 Å². The zero-order chi connectivity index (χ0) is 23.7. The molecule has 1 N–H and O–H groups in total. The fraction of sp³-hybridized carbons (Fsp3) is 0.0455. The molecule has 1 aliphatic rings. The van der Waals surface area contributed by atoms with Gasteiger partial charge in [0.15, 0.2) is 5.17 Å². The number of carboxylic acids is 1. The van der Waals surface area contributed by atoms with E-state index in [1.165, 1.54) is 35.2 Å². The summed E-state index contributed by atoms with van der Waals surface area (Å²) in [6.07, 6.45) is 1.56. The Balaban J connectivity index is 1.59. The summed E-state index contributed by atoms with van der Waals surface area (Å²) < 4.78 is 5.77. The van der Waals surface area contributed by atoms with Crippen LogP contribution >= 0.6 is 23.4 Å². The van der Waals surface area contributed by atoms with Gasteiger partial charge in [0.25, 0.3) is 11.6 Å². The van der Waals surface area contributed by atoms with Gasteiger partial charge in [-0.1, -0.05) is 17.7 Å². The summed E-state index contributed by atoms with van der Waals surface area (Å²) in [6.45, 7) is 0. The largest absolute Gasteiger partial charge is 0.478 e. The average molecular weight is 484 g/mol. The lowest BCUT2D eigenvalue weighted by atomic mass is 10.1. The number of thioether (sulfide) groups is 1. The van der Waals surface area contributed by atoms with Gasteiger partial charge < -0.3 is 9.52 Å². The molecule has 9 nitrogen and oxygen atoms in total. The summed E-state index contributed by atoms with van der Waals surface area (Å²) >= 11 is 7.28. The average Bonchev–Trinajstić information content (AvgIpc) is 3.34. The van der Waals surface area contributed by atoms with E-state index >= 15 is 0 Å². The third-order valence-electron chi connectivity index (χ3n) is 4.65. The molecule has 1 aliphatic heterocycles. The van der Waals surface area contributed by atoms with Crippen LogP contribution in [0.25, 0.3) is 17.4 Å². The number of hydrogen-bond donors (Lipinski definition) is 1. The molecule has 166 valence electrons. The van der Waals surface area contributed by atoms with Crippen LogP contribution in [0.1, 0.15) is 16.1 Å². The van der Waals surface area contributed by atoms with Crippen molar-refractivity contribution >= 4 is 57.9 Å². The van der Waals surface area contributed by atoms with Crippen LogP contribution in [-0.4, -0.2) is 39.0 Å². The maximum absolute atomic E-state index is 12.7. The van der Waals surface area contributed by atoms with Gasteiger partial charge in [-0.25, -0.2) is 9.79 Å². The Morgan fingerprint density at radius 1 is 1.24 bits per heavy atom. The number of aromatic carboxylic acids is 1. The summed E-state index contributed by atoms with van der Waals surface area (Å²) in [7, 11) is 1.57. The molecule has 0 aliphatic carbocycles. The second-order valence-electron chi connectivity index (χ2n) is 6.85. The quantitative estimate of drug-likeness (QED) is 0.291. The monoisotopic (exact) mass is 483 g/mol. The molecule has 1 aromatic heterocycles. The summed E-state index contributed by atoms with van der Waals surface area (Å²) in [5.74, 6) is -0.579. The van der Waals surface area contributed by atoms with Gasteiger partial charge in [-0.15, -0.1) is 0 Å². The number of non-ortho nitro benzene ring substituents is 1. The number of amides is 1. The van der Waals surface area contributed by atoms with Crippen LogP contribution in [0.3, 0.4) is 0 Å². The van der Waals surface area contributed by atoms with E-state index in [4.69, 9.17) is 21.1 Å². The van der Waals surface area contributed by atoms with Gasteiger partial charge in [0, 0.05) is 30.8 Å². The number of carboxylic acid groups (broad SMARTS) is 1. The lowest BCUT2D eigenvalue weighted by Gasteiger charge is -2.07. The summed E-state index contributed by atoms with van der Waals surface area (Å²) in [6, 6.07) is 13.5. The van der Waals surface area contributed by atoms with Gasteiger partial charge in [0.1, 0.15) is 11.5 Å². The van der Waals surface area contributed by atoms with Gasteiger partial charge >= 0.3 is 5.97 Å². The first-order chi connectivity index (χ1) is 15.7. The maximum atomic E-state index is 12.7. The van der Waals surface area contributed by atoms with Gasteiger partial charge in [-0.3, -0.25) is 19.8 Å². The number of carbonyl (C=O) groups is 2. The third-order valence-corrected chi connectivity index (χ3v) is 6.02. The van der Waals surface area contributed by atoms with E-state index in [1.807, 2.05) is 0 Å². The Labute approximate surface area is 196 Å². The molecule has 0 saturated carbocycles. The number of benzene rings is 2. The highest BCUT2D eigenvalue weighted by Crippen LogP contribution is 2.36. The minimum atomic E-state index is -1.07. The van der Waals surface area contributed by atoms with E-state index in [9.17, 15) is 19.7 Å². The highest BCUT2D eigenvalue weighted by Gasteiger charge is 2.30. The molecule has 11 heteroatoms. The number of nitro benzene ring substituents is 1. The number of furan rings is 1.